The summed E-state index contributed by atoms with van der Waals surface area (Å²) in [5.41, 5.74) is 3.37. The molecule has 0 heterocycles. The van der Waals surface area contributed by atoms with Gasteiger partial charge in [-0.1, -0.05) is 80.6 Å². The number of fused-ring (bicyclic) bond motifs is 1. The Kier molecular flexibility index (Phi) is 8.43. The Hall–Kier alpha value is -3.14. The van der Waals surface area contributed by atoms with Gasteiger partial charge in [-0.15, -0.1) is 0 Å². The van der Waals surface area contributed by atoms with Gasteiger partial charge in [-0.25, -0.2) is 0 Å². The fourth-order valence-corrected chi connectivity index (χ4v) is 4.15. The van der Waals surface area contributed by atoms with E-state index in [0.29, 0.717) is 32.4 Å². The van der Waals surface area contributed by atoms with Crippen LogP contribution in [0.4, 0.5) is 0 Å². The molecule has 0 spiro atoms. The van der Waals surface area contributed by atoms with E-state index in [-0.39, 0.29) is 11.8 Å². The molecule has 0 aliphatic carbocycles. The molecule has 0 saturated heterocycles. The SMILES string of the molecule is CCCNC(=O)[C@@H](CC)N(Cc1ccccc1C)C(=O)CCc1cccc2ccccc12. The quantitative estimate of drug-likeness (QED) is 0.467. The fraction of sp³-hybridized carbons (Fsp3) is 0.357. The maximum Gasteiger partial charge on any atom is 0.242 e. The summed E-state index contributed by atoms with van der Waals surface area (Å²) in [5, 5.41) is 5.35. The molecular formula is C28H34N2O2. The van der Waals surface area contributed by atoms with Crippen LogP contribution < -0.4 is 5.32 Å². The predicted molar refractivity (Wildman–Crippen MR) is 131 cm³/mol. The van der Waals surface area contributed by atoms with Crippen molar-refractivity contribution in [2.45, 2.75) is 59.0 Å². The number of nitrogens with one attached hydrogen (secondary N) is 1. The number of carbonyl (C=O) groups is 2. The van der Waals surface area contributed by atoms with Crippen LogP contribution >= 0.6 is 0 Å². The molecule has 3 rings (SSSR count). The van der Waals surface area contributed by atoms with Crippen molar-refractivity contribution < 1.29 is 9.59 Å². The molecule has 3 aromatic rings. The van der Waals surface area contributed by atoms with E-state index >= 15 is 0 Å². The van der Waals surface area contributed by atoms with Crippen LogP contribution in [0.5, 0.6) is 0 Å². The highest BCUT2D eigenvalue weighted by molar-refractivity contribution is 5.89. The van der Waals surface area contributed by atoms with Gasteiger partial charge in [0.2, 0.25) is 11.8 Å². The van der Waals surface area contributed by atoms with Crippen molar-refractivity contribution in [3.63, 3.8) is 0 Å². The molecule has 0 radical (unpaired) electrons. The van der Waals surface area contributed by atoms with Crippen LogP contribution in [0.15, 0.2) is 66.7 Å². The normalized spacial score (nSPS) is 11.8. The van der Waals surface area contributed by atoms with Crippen molar-refractivity contribution in [1.29, 1.82) is 0 Å². The summed E-state index contributed by atoms with van der Waals surface area (Å²) in [6.45, 7) is 7.11. The molecule has 0 fully saturated rings. The Balaban J connectivity index is 1.83. The van der Waals surface area contributed by atoms with Crippen molar-refractivity contribution >= 4 is 22.6 Å². The molecule has 0 aliphatic heterocycles. The topological polar surface area (TPSA) is 49.4 Å². The van der Waals surface area contributed by atoms with Crippen LogP contribution in [0, 0.1) is 6.92 Å². The lowest BCUT2D eigenvalue weighted by Crippen LogP contribution is -2.49. The molecule has 0 unspecified atom stereocenters. The van der Waals surface area contributed by atoms with E-state index in [4.69, 9.17) is 0 Å². The Morgan fingerprint density at radius 3 is 2.34 bits per heavy atom. The Morgan fingerprint density at radius 2 is 1.59 bits per heavy atom. The molecular weight excluding hydrogens is 396 g/mol. The fourth-order valence-electron chi connectivity index (χ4n) is 4.15. The number of benzene rings is 3. The molecule has 3 aromatic carbocycles. The molecule has 0 saturated carbocycles. The lowest BCUT2D eigenvalue weighted by Gasteiger charge is -2.31. The number of nitrogens with zero attached hydrogens (tertiary/aromatic N) is 1. The number of carbonyl (C=O) groups excluding carboxylic acids is 2. The van der Waals surface area contributed by atoms with Gasteiger partial charge in [0.1, 0.15) is 6.04 Å². The molecule has 168 valence electrons. The van der Waals surface area contributed by atoms with Crippen LogP contribution in [-0.4, -0.2) is 29.3 Å². The zero-order chi connectivity index (χ0) is 22.9. The smallest absolute Gasteiger partial charge is 0.242 e. The lowest BCUT2D eigenvalue weighted by molar-refractivity contribution is -0.141. The zero-order valence-electron chi connectivity index (χ0n) is 19.4. The van der Waals surface area contributed by atoms with E-state index in [9.17, 15) is 9.59 Å². The van der Waals surface area contributed by atoms with Crippen molar-refractivity contribution in [2.75, 3.05) is 6.54 Å². The predicted octanol–water partition coefficient (Wildman–Crippen LogP) is 5.41. The summed E-state index contributed by atoms with van der Waals surface area (Å²) in [5.74, 6) is -0.0545. The summed E-state index contributed by atoms with van der Waals surface area (Å²) in [4.78, 5) is 28.2. The second-order valence-corrected chi connectivity index (χ2v) is 8.30. The first-order valence-corrected chi connectivity index (χ1v) is 11.6. The highest BCUT2D eigenvalue weighted by atomic mass is 16.2. The maximum atomic E-state index is 13.5. The maximum absolute atomic E-state index is 13.5. The van der Waals surface area contributed by atoms with Crippen LogP contribution in [0.2, 0.25) is 0 Å². The summed E-state index contributed by atoms with van der Waals surface area (Å²) in [6.07, 6.45) is 2.48. The highest BCUT2D eigenvalue weighted by Crippen LogP contribution is 2.21. The first-order valence-electron chi connectivity index (χ1n) is 11.6. The third-order valence-electron chi connectivity index (χ3n) is 6.03. The van der Waals surface area contributed by atoms with Gasteiger partial charge < -0.3 is 10.2 Å². The molecule has 2 amide bonds. The van der Waals surface area contributed by atoms with Gasteiger partial charge in [0.25, 0.3) is 0 Å². The van der Waals surface area contributed by atoms with E-state index in [2.05, 4.69) is 29.6 Å². The Labute approximate surface area is 191 Å². The zero-order valence-corrected chi connectivity index (χ0v) is 19.4. The number of amides is 2. The van der Waals surface area contributed by atoms with Gasteiger partial charge in [0.15, 0.2) is 0 Å². The molecule has 1 atom stereocenters. The van der Waals surface area contributed by atoms with Crippen LogP contribution in [-0.2, 0) is 22.6 Å². The summed E-state index contributed by atoms with van der Waals surface area (Å²) < 4.78 is 0. The summed E-state index contributed by atoms with van der Waals surface area (Å²) >= 11 is 0. The van der Waals surface area contributed by atoms with Crippen molar-refractivity contribution in [1.82, 2.24) is 10.2 Å². The van der Waals surface area contributed by atoms with Crippen molar-refractivity contribution in [3.8, 4) is 0 Å². The second kappa shape index (κ2) is 11.5. The van der Waals surface area contributed by atoms with E-state index < -0.39 is 6.04 Å². The van der Waals surface area contributed by atoms with Crippen molar-refractivity contribution in [3.05, 3.63) is 83.4 Å². The molecule has 4 nitrogen and oxygen atoms in total. The number of hydrogen-bond donors (Lipinski definition) is 1. The first-order chi connectivity index (χ1) is 15.5. The third kappa shape index (κ3) is 5.76. The third-order valence-corrected chi connectivity index (χ3v) is 6.03. The second-order valence-electron chi connectivity index (χ2n) is 8.30. The lowest BCUT2D eigenvalue weighted by atomic mass is 10.00. The minimum atomic E-state index is -0.471. The summed E-state index contributed by atoms with van der Waals surface area (Å²) in [6, 6.07) is 22.1. The van der Waals surface area contributed by atoms with Gasteiger partial charge in [-0.05, 0) is 53.6 Å². The standard InChI is InChI=1S/C28H34N2O2/c1-4-19-29-28(32)26(5-2)30(20-24-13-7-6-11-21(24)3)27(31)18-17-23-15-10-14-22-12-8-9-16-25(22)23/h6-16,26H,4-5,17-20H2,1-3H3,(H,29,32)/t26-/m1/s1. The molecule has 4 heteroatoms. The Morgan fingerprint density at radius 1 is 0.906 bits per heavy atom. The van der Waals surface area contributed by atoms with Gasteiger partial charge in [0, 0.05) is 19.5 Å². The molecule has 1 N–H and O–H groups in total. The van der Waals surface area contributed by atoms with Gasteiger partial charge in [-0.3, -0.25) is 9.59 Å². The highest BCUT2D eigenvalue weighted by Gasteiger charge is 2.28. The number of hydrogen-bond acceptors (Lipinski definition) is 2. The van der Waals surface area contributed by atoms with E-state index in [1.807, 2.05) is 63.2 Å². The largest absolute Gasteiger partial charge is 0.354 e. The molecule has 0 aliphatic rings. The Bertz CT molecular complexity index is 1050. The first kappa shape index (κ1) is 23.5. The molecule has 0 aromatic heterocycles. The number of rotatable bonds is 10. The minimum absolute atomic E-state index is 0.0136. The molecule has 32 heavy (non-hydrogen) atoms. The molecule has 0 bridgehead atoms. The van der Waals surface area contributed by atoms with E-state index in [0.717, 1.165) is 23.1 Å². The van der Waals surface area contributed by atoms with Gasteiger partial charge in [-0.2, -0.15) is 0 Å². The summed E-state index contributed by atoms with van der Waals surface area (Å²) in [7, 11) is 0. The average Bonchev–Trinajstić information content (AvgIpc) is 2.82. The van der Waals surface area contributed by atoms with Crippen LogP contribution in [0.1, 0.15) is 49.8 Å². The van der Waals surface area contributed by atoms with E-state index in [1.165, 1.54) is 10.8 Å². The van der Waals surface area contributed by atoms with E-state index in [1.54, 1.807) is 4.90 Å². The van der Waals surface area contributed by atoms with Gasteiger partial charge >= 0.3 is 0 Å². The van der Waals surface area contributed by atoms with Crippen molar-refractivity contribution in [2.24, 2.45) is 0 Å². The average molecular weight is 431 g/mol. The monoisotopic (exact) mass is 430 g/mol. The van der Waals surface area contributed by atoms with Gasteiger partial charge in [0.05, 0.1) is 0 Å². The number of aryl methyl sites for hydroxylation is 2. The van der Waals surface area contributed by atoms with Crippen LogP contribution in [0.25, 0.3) is 10.8 Å². The van der Waals surface area contributed by atoms with Crippen LogP contribution in [0.3, 0.4) is 0 Å². The minimum Gasteiger partial charge on any atom is -0.354 e.